The maximum Gasteiger partial charge on any atom is 0.184 e. The molecule has 1 N–H and O–H groups in total. The quantitative estimate of drug-likeness (QED) is 0.522. The number of rotatable bonds is 7. The van der Waals surface area contributed by atoms with Crippen LogP contribution < -0.4 is 0 Å². The lowest BCUT2D eigenvalue weighted by atomic mass is 10.1. The van der Waals surface area contributed by atoms with Crippen molar-refractivity contribution in [2.45, 2.75) is 76.5 Å². The van der Waals surface area contributed by atoms with Crippen molar-refractivity contribution in [3.8, 4) is 0 Å². The number of hydrogen-bond acceptors (Lipinski definition) is 3. The summed E-state index contributed by atoms with van der Waals surface area (Å²) in [4.78, 5) is 0. The molecule has 1 unspecified atom stereocenters. The van der Waals surface area contributed by atoms with Gasteiger partial charge in [-0.2, -0.15) is 0 Å². The fourth-order valence-corrected chi connectivity index (χ4v) is 2.36. The molecule has 2 fully saturated rings. The zero-order valence-electron chi connectivity index (χ0n) is 9.52. The first-order chi connectivity index (χ1) is 7.33. The van der Waals surface area contributed by atoms with Gasteiger partial charge < -0.3 is 14.6 Å². The van der Waals surface area contributed by atoms with Crippen molar-refractivity contribution in [1.82, 2.24) is 0 Å². The fourth-order valence-electron chi connectivity index (χ4n) is 2.36. The van der Waals surface area contributed by atoms with Crippen molar-refractivity contribution < 1.29 is 14.6 Å². The van der Waals surface area contributed by atoms with E-state index in [0.717, 1.165) is 6.42 Å². The van der Waals surface area contributed by atoms with Crippen molar-refractivity contribution in [2.24, 2.45) is 0 Å². The third-order valence-electron chi connectivity index (χ3n) is 3.37. The molecule has 0 amide bonds. The number of fused-ring (bicyclic) bond motifs is 1. The second-order valence-corrected chi connectivity index (χ2v) is 4.69. The van der Waals surface area contributed by atoms with Crippen LogP contribution in [0.5, 0.6) is 0 Å². The molecule has 2 aliphatic heterocycles. The van der Waals surface area contributed by atoms with Crippen LogP contribution in [-0.2, 0) is 9.47 Å². The highest BCUT2D eigenvalue weighted by Crippen LogP contribution is 2.40. The Bertz CT molecular complexity index is 195. The molecule has 3 nitrogen and oxygen atoms in total. The van der Waals surface area contributed by atoms with Crippen molar-refractivity contribution in [3.05, 3.63) is 0 Å². The largest absolute Gasteiger partial charge is 0.366 e. The van der Waals surface area contributed by atoms with E-state index < -0.39 is 6.29 Å². The average molecular weight is 214 g/mol. The highest BCUT2D eigenvalue weighted by atomic mass is 16.7. The fraction of sp³-hybridized carbons (Fsp3) is 1.00. The second-order valence-electron chi connectivity index (χ2n) is 4.69. The van der Waals surface area contributed by atoms with Gasteiger partial charge in [0.05, 0.1) is 6.10 Å². The first-order valence-corrected chi connectivity index (χ1v) is 6.32. The minimum Gasteiger partial charge on any atom is -0.366 e. The van der Waals surface area contributed by atoms with Crippen LogP contribution in [0.4, 0.5) is 0 Å². The van der Waals surface area contributed by atoms with Gasteiger partial charge >= 0.3 is 0 Å². The Labute approximate surface area is 91.8 Å². The molecule has 4 atom stereocenters. The van der Waals surface area contributed by atoms with Gasteiger partial charge in [-0.25, -0.2) is 0 Å². The molecule has 3 heteroatoms. The van der Waals surface area contributed by atoms with Crippen LogP contribution in [0.2, 0.25) is 0 Å². The predicted octanol–water partition coefficient (Wildman–Crippen LogP) is 2.22. The monoisotopic (exact) mass is 214 g/mol. The standard InChI is InChI=1S/C12H22O3/c1-2-3-4-5-6-7-8-9-10-11(15-10)12(13)14-9/h9-13H,2-8H2,1H3/t9-,10-,11-,12?/m1/s1. The Kier molecular flexibility index (Phi) is 4.00. The van der Waals surface area contributed by atoms with Crippen LogP contribution in [0, 0.1) is 0 Å². The summed E-state index contributed by atoms with van der Waals surface area (Å²) in [5.41, 5.74) is 0. The van der Waals surface area contributed by atoms with Gasteiger partial charge in [-0.05, 0) is 6.42 Å². The molecule has 0 aromatic carbocycles. The maximum atomic E-state index is 9.34. The van der Waals surface area contributed by atoms with Gasteiger partial charge in [0.2, 0.25) is 0 Å². The van der Waals surface area contributed by atoms with E-state index in [1.165, 1.54) is 38.5 Å². The van der Waals surface area contributed by atoms with E-state index >= 15 is 0 Å². The lowest BCUT2D eigenvalue weighted by Crippen LogP contribution is -2.19. The van der Waals surface area contributed by atoms with E-state index in [1.54, 1.807) is 0 Å². The highest BCUT2D eigenvalue weighted by molar-refractivity contribution is 4.99. The lowest BCUT2D eigenvalue weighted by Gasteiger charge is -2.13. The van der Waals surface area contributed by atoms with E-state index in [4.69, 9.17) is 9.47 Å². The van der Waals surface area contributed by atoms with Gasteiger partial charge in [0.1, 0.15) is 12.2 Å². The third-order valence-corrected chi connectivity index (χ3v) is 3.37. The van der Waals surface area contributed by atoms with Crippen molar-refractivity contribution in [1.29, 1.82) is 0 Å². The molecule has 2 heterocycles. The van der Waals surface area contributed by atoms with Gasteiger partial charge in [0.25, 0.3) is 0 Å². The number of aliphatic hydroxyl groups is 1. The van der Waals surface area contributed by atoms with Crippen LogP contribution in [0.3, 0.4) is 0 Å². The molecule has 0 aromatic rings. The molecule has 88 valence electrons. The molecule has 2 aliphatic rings. The van der Waals surface area contributed by atoms with Crippen LogP contribution >= 0.6 is 0 Å². The molecule has 2 rings (SSSR count). The minimum absolute atomic E-state index is 0.00455. The zero-order valence-corrected chi connectivity index (χ0v) is 9.52. The first kappa shape index (κ1) is 11.4. The van der Waals surface area contributed by atoms with Crippen LogP contribution in [0.1, 0.15) is 51.9 Å². The Hall–Kier alpha value is -0.120. The lowest BCUT2D eigenvalue weighted by molar-refractivity contribution is -0.141. The second kappa shape index (κ2) is 5.28. The molecule has 0 saturated carbocycles. The first-order valence-electron chi connectivity index (χ1n) is 6.32. The van der Waals surface area contributed by atoms with E-state index in [-0.39, 0.29) is 18.3 Å². The third kappa shape index (κ3) is 2.92. The Morgan fingerprint density at radius 2 is 1.67 bits per heavy atom. The van der Waals surface area contributed by atoms with Gasteiger partial charge in [-0.1, -0.05) is 45.4 Å². The molecule has 0 spiro atoms. The summed E-state index contributed by atoms with van der Waals surface area (Å²) in [6.07, 6.45) is 8.58. The predicted molar refractivity (Wildman–Crippen MR) is 57.5 cm³/mol. The highest BCUT2D eigenvalue weighted by Gasteiger charge is 2.57. The van der Waals surface area contributed by atoms with E-state index in [1.807, 2.05) is 0 Å². The number of ether oxygens (including phenoxy) is 2. The Morgan fingerprint density at radius 1 is 0.933 bits per heavy atom. The molecule has 15 heavy (non-hydrogen) atoms. The Balaban J connectivity index is 1.48. The molecule has 0 aromatic heterocycles. The summed E-state index contributed by atoms with van der Waals surface area (Å²) < 4.78 is 10.7. The molecule has 0 bridgehead atoms. The van der Waals surface area contributed by atoms with Crippen LogP contribution in [-0.4, -0.2) is 29.7 Å². The SMILES string of the molecule is CCCCCCCC[C@H]1OC(O)[C@@H]2O[C@H]12. The van der Waals surface area contributed by atoms with E-state index in [9.17, 15) is 5.11 Å². The molecular formula is C12H22O3. The van der Waals surface area contributed by atoms with E-state index in [2.05, 4.69) is 6.92 Å². The van der Waals surface area contributed by atoms with Crippen molar-refractivity contribution in [2.75, 3.05) is 0 Å². The summed E-state index contributed by atoms with van der Waals surface area (Å²) >= 11 is 0. The summed E-state index contributed by atoms with van der Waals surface area (Å²) in [6, 6.07) is 0. The summed E-state index contributed by atoms with van der Waals surface area (Å²) in [5.74, 6) is 0. The van der Waals surface area contributed by atoms with E-state index in [0.29, 0.717) is 0 Å². The van der Waals surface area contributed by atoms with Gasteiger partial charge in [-0.15, -0.1) is 0 Å². The van der Waals surface area contributed by atoms with Crippen LogP contribution in [0.15, 0.2) is 0 Å². The maximum absolute atomic E-state index is 9.34. The summed E-state index contributed by atoms with van der Waals surface area (Å²) in [5, 5.41) is 9.34. The average Bonchev–Trinajstić information content (AvgIpc) is 2.96. The number of epoxide rings is 1. The van der Waals surface area contributed by atoms with Crippen molar-refractivity contribution in [3.63, 3.8) is 0 Å². The zero-order chi connectivity index (χ0) is 10.7. The molecule has 0 radical (unpaired) electrons. The number of hydrogen-bond donors (Lipinski definition) is 1. The van der Waals surface area contributed by atoms with Gasteiger partial charge in [0.15, 0.2) is 6.29 Å². The summed E-state index contributed by atoms with van der Waals surface area (Å²) in [7, 11) is 0. The Morgan fingerprint density at radius 3 is 2.27 bits per heavy atom. The topological polar surface area (TPSA) is 42.0 Å². The van der Waals surface area contributed by atoms with Gasteiger partial charge in [-0.3, -0.25) is 0 Å². The number of unbranched alkanes of at least 4 members (excludes halogenated alkanes) is 5. The molecule has 0 aliphatic carbocycles. The van der Waals surface area contributed by atoms with Crippen molar-refractivity contribution >= 4 is 0 Å². The minimum atomic E-state index is -0.653. The van der Waals surface area contributed by atoms with Crippen LogP contribution in [0.25, 0.3) is 0 Å². The molecule has 2 saturated heterocycles. The molecular weight excluding hydrogens is 192 g/mol. The normalized spacial score (nSPS) is 38.0. The smallest absolute Gasteiger partial charge is 0.184 e. The number of aliphatic hydroxyl groups excluding tert-OH is 1. The summed E-state index contributed by atoms with van der Waals surface area (Å²) in [6.45, 7) is 2.23. The van der Waals surface area contributed by atoms with Gasteiger partial charge in [0, 0.05) is 0 Å².